The lowest BCUT2D eigenvalue weighted by Crippen LogP contribution is -2.43. The van der Waals surface area contributed by atoms with Gasteiger partial charge < -0.3 is 16.2 Å². The molecule has 6 heteroatoms. The first-order valence-corrected chi connectivity index (χ1v) is 5.77. The summed E-state index contributed by atoms with van der Waals surface area (Å²) in [6, 6.07) is -1.22. The average molecular weight is 244 g/mol. The van der Waals surface area contributed by atoms with E-state index in [0.29, 0.717) is 0 Å². The lowest BCUT2D eigenvalue weighted by Gasteiger charge is -2.12. The smallest absolute Gasteiger partial charge is 0.326 e. The Kier molecular flexibility index (Phi) is 7.75. The molecule has 0 bridgehead atoms. The normalized spacial score (nSPS) is 11.8. The Morgan fingerprint density at radius 3 is 2.35 bits per heavy atom. The van der Waals surface area contributed by atoms with E-state index in [2.05, 4.69) is 12.2 Å². The summed E-state index contributed by atoms with van der Waals surface area (Å²) in [5, 5.41) is 11.0. The predicted molar refractivity (Wildman–Crippen MR) is 62.1 cm³/mol. The second-order valence-electron chi connectivity index (χ2n) is 3.94. The zero-order valence-electron chi connectivity index (χ0n) is 10.1. The number of primary amides is 1. The predicted octanol–water partition coefficient (Wildman–Crippen LogP) is 0.402. The fourth-order valence-corrected chi connectivity index (χ4v) is 1.38. The number of amides is 2. The van der Waals surface area contributed by atoms with Crippen LogP contribution in [-0.2, 0) is 14.4 Å². The summed E-state index contributed by atoms with van der Waals surface area (Å²) in [6.45, 7) is 2.06. The average Bonchev–Trinajstić information content (AvgIpc) is 2.22. The van der Waals surface area contributed by atoms with Crippen LogP contribution in [0.25, 0.3) is 0 Å². The van der Waals surface area contributed by atoms with Crippen molar-refractivity contribution in [3.63, 3.8) is 0 Å². The topological polar surface area (TPSA) is 109 Å². The molecule has 17 heavy (non-hydrogen) atoms. The third-order valence-corrected chi connectivity index (χ3v) is 2.30. The Bertz CT molecular complexity index is 279. The fraction of sp³-hybridized carbons (Fsp3) is 0.727. The molecule has 2 amide bonds. The molecular formula is C11H20N2O4. The van der Waals surface area contributed by atoms with Gasteiger partial charge in [-0.2, -0.15) is 0 Å². The molecule has 0 fully saturated rings. The SMILES string of the molecule is CCCCCCC(=O)N[C@H](CC(N)=O)C(=O)O. The van der Waals surface area contributed by atoms with E-state index in [0.717, 1.165) is 25.7 Å². The number of hydrogen-bond acceptors (Lipinski definition) is 3. The largest absolute Gasteiger partial charge is 0.480 e. The van der Waals surface area contributed by atoms with Crippen molar-refractivity contribution in [2.24, 2.45) is 5.73 Å². The Morgan fingerprint density at radius 1 is 1.24 bits per heavy atom. The second kappa shape index (κ2) is 8.55. The molecule has 0 aliphatic heterocycles. The minimum absolute atomic E-state index is 0.280. The summed E-state index contributed by atoms with van der Waals surface area (Å²) in [4.78, 5) is 32.7. The van der Waals surface area contributed by atoms with Gasteiger partial charge in [-0.3, -0.25) is 9.59 Å². The van der Waals surface area contributed by atoms with Gasteiger partial charge in [0.15, 0.2) is 0 Å². The van der Waals surface area contributed by atoms with Crippen molar-refractivity contribution in [1.29, 1.82) is 0 Å². The second-order valence-corrected chi connectivity index (χ2v) is 3.94. The number of rotatable bonds is 9. The first-order chi connectivity index (χ1) is 7.97. The summed E-state index contributed by atoms with van der Waals surface area (Å²) in [5.74, 6) is -2.34. The van der Waals surface area contributed by atoms with E-state index in [4.69, 9.17) is 10.8 Å². The van der Waals surface area contributed by atoms with E-state index in [1.807, 2.05) is 0 Å². The first kappa shape index (κ1) is 15.4. The Hall–Kier alpha value is -1.59. The van der Waals surface area contributed by atoms with Gasteiger partial charge in [0, 0.05) is 6.42 Å². The molecule has 0 aliphatic rings. The standard InChI is InChI=1S/C11H20N2O4/c1-2-3-4-5-6-10(15)13-8(11(16)17)7-9(12)14/h8H,2-7H2,1H3,(H2,12,14)(H,13,15)(H,16,17)/t8-/m1/s1. The van der Waals surface area contributed by atoms with Gasteiger partial charge in [-0.1, -0.05) is 26.2 Å². The Morgan fingerprint density at radius 2 is 1.88 bits per heavy atom. The van der Waals surface area contributed by atoms with E-state index in [9.17, 15) is 14.4 Å². The van der Waals surface area contributed by atoms with Crippen molar-refractivity contribution < 1.29 is 19.5 Å². The molecule has 0 heterocycles. The van der Waals surface area contributed by atoms with Crippen LogP contribution < -0.4 is 11.1 Å². The van der Waals surface area contributed by atoms with Crippen molar-refractivity contribution in [2.45, 2.75) is 51.5 Å². The molecule has 0 aromatic heterocycles. The molecule has 0 aromatic carbocycles. The van der Waals surface area contributed by atoms with Crippen LogP contribution in [-0.4, -0.2) is 28.9 Å². The summed E-state index contributed by atoms with van der Waals surface area (Å²) in [6.07, 6.45) is 3.69. The van der Waals surface area contributed by atoms with Gasteiger partial charge in [-0.15, -0.1) is 0 Å². The molecular weight excluding hydrogens is 224 g/mol. The third-order valence-electron chi connectivity index (χ3n) is 2.30. The van der Waals surface area contributed by atoms with Gasteiger partial charge in [0.25, 0.3) is 0 Å². The summed E-state index contributed by atoms with van der Waals surface area (Å²) in [5.41, 5.74) is 4.89. The number of nitrogens with two attached hydrogens (primary N) is 1. The number of carboxylic acids is 1. The van der Waals surface area contributed by atoms with Crippen molar-refractivity contribution in [1.82, 2.24) is 5.32 Å². The van der Waals surface area contributed by atoms with Crippen LogP contribution in [0.5, 0.6) is 0 Å². The van der Waals surface area contributed by atoms with Gasteiger partial charge in [0.05, 0.1) is 6.42 Å². The summed E-state index contributed by atoms with van der Waals surface area (Å²) < 4.78 is 0. The van der Waals surface area contributed by atoms with Gasteiger partial charge in [-0.25, -0.2) is 4.79 Å². The molecule has 98 valence electrons. The van der Waals surface area contributed by atoms with Crippen LogP contribution in [0.15, 0.2) is 0 Å². The van der Waals surface area contributed by atoms with Gasteiger partial charge in [-0.05, 0) is 6.42 Å². The number of nitrogens with one attached hydrogen (secondary N) is 1. The Labute approximate surface area is 101 Å². The van der Waals surface area contributed by atoms with Crippen LogP contribution in [0.3, 0.4) is 0 Å². The van der Waals surface area contributed by atoms with Crippen LogP contribution in [0.4, 0.5) is 0 Å². The molecule has 0 aliphatic carbocycles. The molecule has 0 radical (unpaired) electrons. The highest BCUT2D eigenvalue weighted by Gasteiger charge is 2.21. The van der Waals surface area contributed by atoms with E-state index < -0.39 is 17.9 Å². The van der Waals surface area contributed by atoms with E-state index in [-0.39, 0.29) is 18.7 Å². The maximum Gasteiger partial charge on any atom is 0.326 e. The van der Waals surface area contributed by atoms with Gasteiger partial charge in [0.2, 0.25) is 11.8 Å². The molecule has 1 atom stereocenters. The highest BCUT2D eigenvalue weighted by Crippen LogP contribution is 2.03. The number of carbonyl (C=O) groups excluding carboxylic acids is 2. The van der Waals surface area contributed by atoms with Crippen LogP contribution in [0.1, 0.15) is 45.4 Å². The van der Waals surface area contributed by atoms with E-state index in [1.54, 1.807) is 0 Å². The fourth-order valence-electron chi connectivity index (χ4n) is 1.38. The van der Waals surface area contributed by atoms with E-state index in [1.165, 1.54) is 0 Å². The van der Waals surface area contributed by atoms with Crippen LogP contribution in [0.2, 0.25) is 0 Å². The maximum absolute atomic E-state index is 11.4. The minimum atomic E-state index is -1.24. The molecule has 0 aromatic rings. The summed E-state index contributed by atoms with van der Waals surface area (Å²) in [7, 11) is 0. The molecule has 6 nitrogen and oxygen atoms in total. The number of carbonyl (C=O) groups is 3. The monoisotopic (exact) mass is 244 g/mol. The molecule has 0 spiro atoms. The molecule has 4 N–H and O–H groups in total. The first-order valence-electron chi connectivity index (χ1n) is 5.77. The van der Waals surface area contributed by atoms with Crippen LogP contribution in [0, 0.1) is 0 Å². The lowest BCUT2D eigenvalue weighted by molar-refractivity contribution is -0.143. The minimum Gasteiger partial charge on any atom is -0.480 e. The third kappa shape index (κ3) is 8.24. The zero-order chi connectivity index (χ0) is 13.3. The zero-order valence-corrected chi connectivity index (χ0v) is 10.1. The molecule has 0 rings (SSSR count). The number of unbranched alkanes of at least 4 members (excludes halogenated alkanes) is 3. The van der Waals surface area contributed by atoms with Crippen molar-refractivity contribution in [3.8, 4) is 0 Å². The highest BCUT2D eigenvalue weighted by atomic mass is 16.4. The lowest BCUT2D eigenvalue weighted by atomic mass is 10.1. The highest BCUT2D eigenvalue weighted by molar-refractivity contribution is 5.88. The Balaban J connectivity index is 3.96. The van der Waals surface area contributed by atoms with E-state index >= 15 is 0 Å². The quantitative estimate of drug-likeness (QED) is 0.510. The molecule has 0 unspecified atom stereocenters. The number of carboxylic acid groups (broad SMARTS) is 1. The number of hydrogen-bond donors (Lipinski definition) is 3. The van der Waals surface area contributed by atoms with Crippen molar-refractivity contribution >= 4 is 17.8 Å². The van der Waals surface area contributed by atoms with Gasteiger partial charge >= 0.3 is 5.97 Å². The maximum atomic E-state index is 11.4. The van der Waals surface area contributed by atoms with Crippen molar-refractivity contribution in [3.05, 3.63) is 0 Å². The van der Waals surface area contributed by atoms with Crippen LogP contribution >= 0.6 is 0 Å². The summed E-state index contributed by atoms with van der Waals surface area (Å²) >= 11 is 0. The van der Waals surface area contributed by atoms with Gasteiger partial charge in [0.1, 0.15) is 6.04 Å². The number of aliphatic carboxylic acids is 1. The molecule has 0 saturated carbocycles. The van der Waals surface area contributed by atoms with Crippen molar-refractivity contribution in [2.75, 3.05) is 0 Å². The molecule has 0 saturated heterocycles.